The molecule has 2 aromatic rings. The van der Waals surface area contributed by atoms with E-state index in [1.54, 1.807) is 36.4 Å². The highest BCUT2D eigenvalue weighted by molar-refractivity contribution is 5.83. The lowest BCUT2D eigenvalue weighted by molar-refractivity contribution is -0.131. The fraction of sp³-hybridized carbons (Fsp3) is 0.222. The van der Waals surface area contributed by atoms with Gasteiger partial charge in [-0.25, -0.2) is 0 Å². The van der Waals surface area contributed by atoms with Crippen LogP contribution in [0.3, 0.4) is 0 Å². The number of hydrogen-bond acceptors (Lipinski definition) is 4. The first-order valence-corrected chi connectivity index (χ1v) is 7.12. The van der Waals surface area contributed by atoms with E-state index in [1.807, 2.05) is 18.2 Å². The van der Waals surface area contributed by atoms with Crippen LogP contribution in [0.5, 0.6) is 5.75 Å². The molecule has 118 valence electrons. The first-order chi connectivity index (χ1) is 11.2. The predicted octanol–water partition coefficient (Wildman–Crippen LogP) is 2.76. The fourth-order valence-corrected chi connectivity index (χ4v) is 2.32. The fourth-order valence-electron chi connectivity index (χ4n) is 2.32. The minimum Gasteiger partial charge on any atom is -0.496 e. The van der Waals surface area contributed by atoms with Crippen molar-refractivity contribution in [3.8, 4) is 11.8 Å². The number of rotatable bonds is 6. The number of amides is 1. The van der Waals surface area contributed by atoms with Crippen LogP contribution in [-0.4, -0.2) is 20.1 Å². The summed E-state index contributed by atoms with van der Waals surface area (Å²) in [6.45, 7) is 0. The average molecular weight is 310 g/mol. The molecule has 0 aliphatic heterocycles. The molecule has 5 heteroatoms. The molecule has 0 fully saturated rings. The number of carbonyl (C=O) groups excluding carboxylic acids is 1. The van der Waals surface area contributed by atoms with Crippen molar-refractivity contribution in [3.05, 3.63) is 65.7 Å². The summed E-state index contributed by atoms with van der Waals surface area (Å²) in [6, 6.07) is 17.5. The van der Waals surface area contributed by atoms with Crippen molar-refractivity contribution >= 4 is 5.91 Å². The van der Waals surface area contributed by atoms with E-state index in [0.29, 0.717) is 11.3 Å². The van der Waals surface area contributed by atoms with E-state index in [1.165, 1.54) is 14.2 Å². The van der Waals surface area contributed by atoms with Crippen molar-refractivity contribution in [1.29, 1.82) is 5.26 Å². The maximum Gasteiger partial charge on any atom is 0.255 e. The number of benzene rings is 2. The molecule has 1 amide bonds. The lowest BCUT2D eigenvalue weighted by Crippen LogP contribution is -2.33. The van der Waals surface area contributed by atoms with Crippen LogP contribution < -0.4 is 10.1 Å². The Morgan fingerprint density at radius 2 is 1.74 bits per heavy atom. The van der Waals surface area contributed by atoms with Gasteiger partial charge in [0, 0.05) is 12.7 Å². The third-order valence-electron chi connectivity index (χ3n) is 3.44. The van der Waals surface area contributed by atoms with Gasteiger partial charge in [0.2, 0.25) is 0 Å². The lowest BCUT2D eigenvalue weighted by atomic mass is 10.0. The molecule has 0 aliphatic carbocycles. The Labute approximate surface area is 135 Å². The molecule has 0 aliphatic rings. The number of carbonyl (C=O) groups is 1. The molecule has 0 unspecified atom stereocenters. The lowest BCUT2D eigenvalue weighted by Gasteiger charge is -2.19. The quantitative estimate of drug-likeness (QED) is 0.890. The molecule has 0 saturated heterocycles. The van der Waals surface area contributed by atoms with E-state index in [2.05, 4.69) is 11.4 Å². The Balaban J connectivity index is 2.21. The van der Waals surface area contributed by atoms with Gasteiger partial charge < -0.3 is 14.8 Å². The molecule has 0 saturated carbocycles. The molecule has 23 heavy (non-hydrogen) atoms. The Morgan fingerprint density at radius 3 is 2.35 bits per heavy atom. The van der Waals surface area contributed by atoms with Crippen LogP contribution in [0.1, 0.15) is 23.3 Å². The van der Waals surface area contributed by atoms with E-state index in [4.69, 9.17) is 9.47 Å². The zero-order valence-electron chi connectivity index (χ0n) is 13.0. The number of nitriles is 1. The van der Waals surface area contributed by atoms with Gasteiger partial charge in [-0.05, 0) is 11.6 Å². The van der Waals surface area contributed by atoms with Crippen LogP contribution in [0.4, 0.5) is 0 Å². The molecule has 0 heterocycles. The van der Waals surface area contributed by atoms with E-state index in [0.717, 1.165) is 5.56 Å². The topological polar surface area (TPSA) is 71.3 Å². The monoisotopic (exact) mass is 310 g/mol. The second-order valence-corrected chi connectivity index (χ2v) is 4.84. The molecule has 2 rings (SSSR count). The van der Waals surface area contributed by atoms with Gasteiger partial charge in [0.1, 0.15) is 11.8 Å². The number of nitrogens with zero attached hydrogens (tertiary/aromatic N) is 1. The van der Waals surface area contributed by atoms with Crippen molar-refractivity contribution < 1.29 is 14.3 Å². The number of nitrogens with one attached hydrogen (secondary N) is 1. The second kappa shape index (κ2) is 7.97. The van der Waals surface area contributed by atoms with Crippen LogP contribution in [0.25, 0.3) is 0 Å². The van der Waals surface area contributed by atoms with Crippen LogP contribution in [-0.2, 0) is 9.53 Å². The zero-order chi connectivity index (χ0) is 16.7. The molecule has 2 aromatic carbocycles. The normalized spacial score (nSPS) is 12.7. The van der Waals surface area contributed by atoms with Crippen molar-refractivity contribution in [2.75, 3.05) is 14.2 Å². The molecule has 0 aromatic heterocycles. The maximum absolute atomic E-state index is 12.5. The Morgan fingerprint density at radius 1 is 1.09 bits per heavy atom. The number of para-hydroxylation sites is 1. The summed E-state index contributed by atoms with van der Waals surface area (Å²) in [4.78, 5) is 12.5. The standard InChI is InChI=1S/C18H18N2O3/c1-22-16-11-7-6-10-14(16)15(12-19)20-18(21)17(23-2)13-8-4-3-5-9-13/h3-11,15,17H,1-2H3,(H,20,21)/t15-,17-/m0/s1. The van der Waals surface area contributed by atoms with Gasteiger partial charge in [-0.15, -0.1) is 0 Å². The zero-order valence-corrected chi connectivity index (χ0v) is 13.0. The largest absolute Gasteiger partial charge is 0.496 e. The Kier molecular flexibility index (Phi) is 5.73. The van der Waals surface area contributed by atoms with Crippen molar-refractivity contribution in [2.24, 2.45) is 0 Å². The van der Waals surface area contributed by atoms with Crippen LogP contribution >= 0.6 is 0 Å². The third-order valence-corrected chi connectivity index (χ3v) is 3.44. The van der Waals surface area contributed by atoms with Crippen LogP contribution in [0.2, 0.25) is 0 Å². The summed E-state index contributed by atoms with van der Waals surface area (Å²) in [5, 5.41) is 12.1. The summed E-state index contributed by atoms with van der Waals surface area (Å²) in [5.74, 6) is 0.171. The van der Waals surface area contributed by atoms with E-state index in [-0.39, 0.29) is 5.91 Å². The molecule has 1 N–H and O–H groups in total. The molecular formula is C18H18N2O3. The molecule has 2 atom stereocenters. The SMILES string of the molecule is COc1ccccc1[C@H](C#N)NC(=O)[C@@H](OC)c1ccccc1. The third kappa shape index (κ3) is 3.87. The first kappa shape index (κ1) is 16.5. The Hall–Kier alpha value is -2.84. The minimum absolute atomic E-state index is 0.379. The van der Waals surface area contributed by atoms with Crippen LogP contribution in [0.15, 0.2) is 54.6 Å². The molecule has 0 spiro atoms. The van der Waals surface area contributed by atoms with Crippen LogP contribution in [0, 0.1) is 11.3 Å². The van der Waals surface area contributed by atoms with Gasteiger partial charge in [0.25, 0.3) is 5.91 Å². The number of ether oxygens (including phenoxy) is 2. The van der Waals surface area contributed by atoms with E-state index < -0.39 is 12.1 Å². The molecule has 5 nitrogen and oxygen atoms in total. The van der Waals surface area contributed by atoms with Gasteiger partial charge in [-0.1, -0.05) is 48.5 Å². The Bertz CT molecular complexity index is 695. The van der Waals surface area contributed by atoms with E-state index in [9.17, 15) is 10.1 Å². The molecule has 0 radical (unpaired) electrons. The van der Waals surface area contributed by atoms with Crippen molar-refractivity contribution in [1.82, 2.24) is 5.32 Å². The first-order valence-electron chi connectivity index (χ1n) is 7.12. The summed E-state index contributed by atoms with van der Waals surface area (Å²) in [7, 11) is 2.98. The van der Waals surface area contributed by atoms with Gasteiger partial charge in [-0.3, -0.25) is 4.79 Å². The highest BCUT2D eigenvalue weighted by Crippen LogP contribution is 2.25. The highest BCUT2D eigenvalue weighted by Gasteiger charge is 2.24. The van der Waals surface area contributed by atoms with Gasteiger partial charge in [-0.2, -0.15) is 5.26 Å². The second-order valence-electron chi connectivity index (χ2n) is 4.84. The van der Waals surface area contributed by atoms with Gasteiger partial charge in [0.05, 0.1) is 13.2 Å². The van der Waals surface area contributed by atoms with Gasteiger partial charge in [0.15, 0.2) is 6.10 Å². The summed E-state index contributed by atoms with van der Waals surface area (Å²) in [6.07, 6.45) is -0.776. The van der Waals surface area contributed by atoms with Gasteiger partial charge >= 0.3 is 0 Å². The molecular weight excluding hydrogens is 292 g/mol. The highest BCUT2D eigenvalue weighted by atomic mass is 16.5. The number of methoxy groups -OCH3 is 2. The van der Waals surface area contributed by atoms with Crippen molar-refractivity contribution in [3.63, 3.8) is 0 Å². The smallest absolute Gasteiger partial charge is 0.255 e. The predicted molar refractivity (Wildman–Crippen MR) is 85.7 cm³/mol. The summed E-state index contributed by atoms with van der Waals surface area (Å²) >= 11 is 0. The summed E-state index contributed by atoms with van der Waals surface area (Å²) in [5.41, 5.74) is 1.33. The average Bonchev–Trinajstić information content (AvgIpc) is 2.61. The van der Waals surface area contributed by atoms with E-state index >= 15 is 0 Å². The molecule has 0 bridgehead atoms. The summed E-state index contributed by atoms with van der Waals surface area (Å²) < 4.78 is 10.5. The maximum atomic E-state index is 12.5. The van der Waals surface area contributed by atoms with Crippen molar-refractivity contribution in [2.45, 2.75) is 12.1 Å². The number of hydrogen-bond donors (Lipinski definition) is 1. The minimum atomic E-state index is -0.819.